The van der Waals surface area contributed by atoms with Gasteiger partial charge < -0.3 is 9.74 Å². The third-order valence-electron chi connectivity index (χ3n) is 7.30. The van der Waals surface area contributed by atoms with Crippen LogP contribution in [0.3, 0.4) is 0 Å². The number of hydrogen-bond donors (Lipinski definition) is 0. The molecule has 2 aliphatic heterocycles. The summed E-state index contributed by atoms with van der Waals surface area (Å²) in [6.45, 7) is 6.74. The summed E-state index contributed by atoms with van der Waals surface area (Å²) in [4.78, 5) is 10.9. The number of piperidine rings is 1. The van der Waals surface area contributed by atoms with Crippen LogP contribution in [-0.2, 0) is 11.4 Å². The summed E-state index contributed by atoms with van der Waals surface area (Å²) in [5.74, 6) is 2.35. The molecule has 0 radical (unpaired) electrons. The summed E-state index contributed by atoms with van der Waals surface area (Å²) in [6, 6.07) is 10.9. The number of likely N-dealkylation sites (N-methyl/N-ethyl adjacent to an activating group) is 1. The van der Waals surface area contributed by atoms with E-state index in [-0.39, 0.29) is 0 Å². The first-order valence-electron chi connectivity index (χ1n) is 12.7. The van der Waals surface area contributed by atoms with Gasteiger partial charge in [0, 0.05) is 18.7 Å². The van der Waals surface area contributed by atoms with Crippen LogP contribution in [-0.4, -0.2) is 49.2 Å². The number of oxime groups is 1. The van der Waals surface area contributed by atoms with Gasteiger partial charge in [0.2, 0.25) is 0 Å². The Morgan fingerprint density at radius 1 is 1.09 bits per heavy atom. The van der Waals surface area contributed by atoms with Crippen LogP contribution in [0.15, 0.2) is 58.5 Å². The number of unbranched alkanes of at least 4 members (excludes halogenated alkanes) is 1. The van der Waals surface area contributed by atoms with Gasteiger partial charge in [-0.15, -0.1) is 0 Å². The fraction of sp³-hybridized carbons (Fsp3) is 0.607. The Kier molecular flexibility index (Phi) is 8.20. The number of likely N-dealkylation sites (tertiary alicyclic amines) is 1. The Hall–Kier alpha value is -1.91. The second kappa shape index (κ2) is 11.3. The Balaban J connectivity index is 1.28. The molecule has 4 rings (SSSR count). The highest BCUT2D eigenvalue weighted by Crippen LogP contribution is 2.39. The lowest BCUT2D eigenvalue weighted by atomic mass is 9.81. The maximum atomic E-state index is 6.01. The summed E-state index contributed by atoms with van der Waals surface area (Å²) in [5, 5.41) is 4.60. The monoisotopic (exact) mass is 435 g/mol. The van der Waals surface area contributed by atoms with E-state index in [1.54, 1.807) is 0 Å². The molecule has 1 aromatic carbocycles. The van der Waals surface area contributed by atoms with Gasteiger partial charge >= 0.3 is 0 Å². The largest absolute Gasteiger partial charge is 0.360 e. The average molecular weight is 436 g/mol. The van der Waals surface area contributed by atoms with Gasteiger partial charge in [0.15, 0.2) is 0 Å². The van der Waals surface area contributed by atoms with Crippen LogP contribution >= 0.6 is 0 Å². The molecule has 0 saturated carbocycles. The third-order valence-corrected chi connectivity index (χ3v) is 7.30. The Morgan fingerprint density at radius 2 is 1.88 bits per heavy atom. The van der Waals surface area contributed by atoms with Crippen LogP contribution in [0.5, 0.6) is 0 Å². The van der Waals surface area contributed by atoms with E-state index in [0.717, 1.165) is 44.0 Å². The minimum absolute atomic E-state index is 0.383. The fourth-order valence-electron chi connectivity index (χ4n) is 5.40. The van der Waals surface area contributed by atoms with E-state index >= 15 is 0 Å². The zero-order valence-corrected chi connectivity index (χ0v) is 20.4. The van der Waals surface area contributed by atoms with E-state index in [4.69, 9.17) is 4.84 Å². The number of allylic oxidation sites excluding steroid dienone is 2. The minimum atomic E-state index is 0.383. The van der Waals surface area contributed by atoms with E-state index in [1.165, 1.54) is 67.6 Å². The first-order valence-corrected chi connectivity index (χ1v) is 12.7. The maximum Gasteiger partial charge on any atom is 0.148 e. The Morgan fingerprint density at radius 3 is 2.59 bits per heavy atom. The molecule has 174 valence electrons. The van der Waals surface area contributed by atoms with Crippen molar-refractivity contribution >= 4 is 5.71 Å². The highest BCUT2D eigenvalue weighted by Gasteiger charge is 2.35. The van der Waals surface area contributed by atoms with Gasteiger partial charge in [0.25, 0.3) is 0 Å². The van der Waals surface area contributed by atoms with Crippen molar-refractivity contribution in [1.82, 2.24) is 9.80 Å². The molecule has 32 heavy (non-hydrogen) atoms. The quantitative estimate of drug-likeness (QED) is 0.450. The summed E-state index contributed by atoms with van der Waals surface area (Å²) < 4.78 is 0. The van der Waals surface area contributed by atoms with Crippen molar-refractivity contribution in [2.45, 2.75) is 64.8 Å². The molecular formula is C28H41N3O. The third kappa shape index (κ3) is 5.90. The molecule has 0 N–H and O–H groups in total. The average Bonchev–Trinajstić information content (AvgIpc) is 3.22. The normalized spacial score (nSPS) is 22.1. The van der Waals surface area contributed by atoms with Crippen LogP contribution in [0.2, 0.25) is 0 Å². The van der Waals surface area contributed by atoms with Gasteiger partial charge in [-0.2, -0.15) is 0 Å². The van der Waals surface area contributed by atoms with Crippen molar-refractivity contribution in [1.29, 1.82) is 0 Å². The predicted octanol–water partition coefficient (Wildman–Crippen LogP) is 6.02. The Labute approximate surface area is 195 Å². The molecule has 0 spiro atoms. The second-order valence-corrected chi connectivity index (χ2v) is 10.1. The lowest BCUT2D eigenvalue weighted by Gasteiger charge is -2.32. The topological polar surface area (TPSA) is 28.1 Å². The summed E-state index contributed by atoms with van der Waals surface area (Å²) in [5.41, 5.74) is 5.61. The van der Waals surface area contributed by atoms with Crippen molar-refractivity contribution in [3.05, 3.63) is 58.9 Å². The lowest BCUT2D eigenvalue weighted by molar-refractivity contribution is 0.173. The SMILES string of the molecule is CCCCC1=CCC2C(CCC3CCN(Cc4ccccc4)CC3)=NOC2=C1CN(C)C. The zero-order valence-electron chi connectivity index (χ0n) is 20.4. The molecule has 3 aliphatic rings. The van der Waals surface area contributed by atoms with Gasteiger partial charge in [0.1, 0.15) is 5.76 Å². The summed E-state index contributed by atoms with van der Waals surface area (Å²) in [6.07, 6.45) is 12.1. The van der Waals surface area contributed by atoms with Crippen molar-refractivity contribution in [3.63, 3.8) is 0 Å². The molecule has 1 aromatic rings. The number of fused-ring (bicyclic) bond motifs is 1. The number of hydrogen-bond acceptors (Lipinski definition) is 4. The van der Waals surface area contributed by atoms with Crippen molar-refractivity contribution in [2.75, 3.05) is 33.7 Å². The van der Waals surface area contributed by atoms with Gasteiger partial charge in [0.05, 0.1) is 11.6 Å². The summed E-state index contributed by atoms with van der Waals surface area (Å²) >= 11 is 0. The first kappa shape index (κ1) is 23.3. The molecule has 4 nitrogen and oxygen atoms in total. The maximum absolute atomic E-state index is 6.01. The number of rotatable bonds is 10. The van der Waals surface area contributed by atoms with E-state index < -0.39 is 0 Å². The van der Waals surface area contributed by atoms with Crippen LogP contribution < -0.4 is 0 Å². The molecule has 0 bridgehead atoms. The minimum Gasteiger partial charge on any atom is -0.360 e. The van der Waals surface area contributed by atoms with Crippen molar-refractivity contribution < 1.29 is 4.84 Å². The van der Waals surface area contributed by atoms with Gasteiger partial charge in [-0.1, -0.05) is 54.9 Å². The summed E-state index contributed by atoms with van der Waals surface area (Å²) in [7, 11) is 4.30. The van der Waals surface area contributed by atoms with Gasteiger partial charge in [-0.05, 0) is 89.2 Å². The smallest absolute Gasteiger partial charge is 0.148 e. The van der Waals surface area contributed by atoms with Crippen LogP contribution in [0.1, 0.15) is 63.9 Å². The molecule has 1 fully saturated rings. The second-order valence-electron chi connectivity index (χ2n) is 10.1. The molecular weight excluding hydrogens is 394 g/mol. The molecule has 4 heteroatoms. The predicted molar refractivity (Wildman–Crippen MR) is 133 cm³/mol. The van der Waals surface area contributed by atoms with Crippen molar-refractivity contribution in [3.8, 4) is 0 Å². The number of nitrogens with zero attached hydrogens (tertiary/aromatic N) is 3. The molecule has 0 aromatic heterocycles. The highest BCUT2D eigenvalue weighted by molar-refractivity contribution is 5.90. The number of benzene rings is 1. The zero-order chi connectivity index (χ0) is 22.3. The molecule has 1 atom stereocenters. The van der Waals surface area contributed by atoms with Crippen LogP contribution in [0.4, 0.5) is 0 Å². The molecule has 1 unspecified atom stereocenters. The standard InChI is InChI=1S/C28H41N3O/c1-4-5-11-24-13-14-25-27(29-32-28(25)26(24)21-30(2)3)15-12-22-16-18-31(19-17-22)20-23-9-7-6-8-10-23/h6-10,13,22,25H,4-5,11-12,14-21H2,1-3H3. The van der Waals surface area contributed by atoms with E-state index in [1.807, 2.05) is 0 Å². The first-order chi connectivity index (χ1) is 15.6. The molecule has 1 saturated heterocycles. The van der Waals surface area contributed by atoms with Crippen LogP contribution in [0.25, 0.3) is 0 Å². The van der Waals surface area contributed by atoms with E-state index in [2.05, 4.69) is 72.4 Å². The van der Waals surface area contributed by atoms with Gasteiger partial charge in [-0.3, -0.25) is 4.90 Å². The molecule has 2 heterocycles. The lowest BCUT2D eigenvalue weighted by Crippen LogP contribution is -2.33. The highest BCUT2D eigenvalue weighted by atomic mass is 16.6. The van der Waals surface area contributed by atoms with E-state index in [9.17, 15) is 0 Å². The van der Waals surface area contributed by atoms with Crippen LogP contribution in [0, 0.1) is 11.8 Å². The molecule has 0 amide bonds. The van der Waals surface area contributed by atoms with Crippen molar-refractivity contribution in [2.24, 2.45) is 17.0 Å². The van der Waals surface area contributed by atoms with E-state index in [0.29, 0.717) is 5.92 Å². The molecule has 1 aliphatic carbocycles. The fourth-order valence-corrected chi connectivity index (χ4v) is 5.40. The van der Waals surface area contributed by atoms with Gasteiger partial charge in [-0.25, -0.2) is 0 Å². The Bertz CT molecular complexity index is 831.